The first-order valence-electron chi connectivity index (χ1n) is 9.09. The number of aromatic amines is 1. The number of piperazine rings is 1. The molecule has 2 aromatic heterocycles. The summed E-state index contributed by atoms with van der Waals surface area (Å²) in [5.74, 6) is -0.895. The number of fused-ring (bicyclic) bond motifs is 1. The Morgan fingerprint density at radius 2 is 2.07 bits per heavy atom. The molecule has 6 nitrogen and oxygen atoms in total. The van der Waals surface area contributed by atoms with E-state index < -0.39 is 18.0 Å². The Hall–Kier alpha value is -2.72. The van der Waals surface area contributed by atoms with Crippen molar-refractivity contribution < 1.29 is 22.7 Å². The first-order valence-corrected chi connectivity index (χ1v) is 9.09. The van der Waals surface area contributed by atoms with Gasteiger partial charge >= 0.3 is 6.18 Å². The molecule has 0 bridgehead atoms. The minimum absolute atomic E-state index is 0.0257. The number of alkyl halides is 3. The lowest BCUT2D eigenvalue weighted by Crippen LogP contribution is -2.57. The molecule has 0 aliphatic carbocycles. The molecule has 1 aliphatic heterocycles. The number of nitrogens with zero attached hydrogens (tertiary/aromatic N) is 3. The third-order valence-electron chi connectivity index (χ3n) is 5.13. The summed E-state index contributed by atoms with van der Waals surface area (Å²) >= 11 is 0. The van der Waals surface area contributed by atoms with E-state index in [2.05, 4.69) is 20.5 Å². The van der Waals surface area contributed by atoms with Gasteiger partial charge in [-0.3, -0.25) is 10.00 Å². The maximum atomic E-state index is 14.4. The molecule has 10 heteroatoms. The summed E-state index contributed by atoms with van der Waals surface area (Å²) in [5.41, 5.74) is 1.97. The molecule has 3 aromatic rings. The van der Waals surface area contributed by atoms with Crippen LogP contribution in [0.5, 0.6) is 5.75 Å². The number of nitrogens with one attached hydrogen (secondary N) is 2. The van der Waals surface area contributed by atoms with Crippen LogP contribution in [-0.4, -0.2) is 57.0 Å². The number of phenolic OH excluding ortho intramolecular Hbond substituents is 1. The van der Waals surface area contributed by atoms with Gasteiger partial charge in [-0.25, -0.2) is 9.37 Å². The minimum atomic E-state index is -4.36. The fourth-order valence-electron chi connectivity index (χ4n) is 3.73. The number of aromatic nitrogens is 3. The number of halogens is 4. The SMILES string of the molecule is Cc1n[nH]c2nc(-c3ccc(O)cc3F)cc(CN3CCNC[C@@H]3C(F)(F)F)c12. The van der Waals surface area contributed by atoms with Gasteiger partial charge in [0.25, 0.3) is 0 Å². The Bertz CT molecular complexity index is 1050. The van der Waals surface area contributed by atoms with E-state index >= 15 is 0 Å². The van der Waals surface area contributed by atoms with Crippen LogP contribution in [0.3, 0.4) is 0 Å². The lowest BCUT2D eigenvalue weighted by Gasteiger charge is -2.37. The summed E-state index contributed by atoms with van der Waals surface area (Å²) < 4.78 is 54.8. The number of aryl methyl sites for hydroxylation is 1. The predicted octanol–water partition coefficient (Wildman–Crippen LogP) is 3.11. The molecule has 1 aromatic carbocycles. The lowest BCUT2D eigenvalue weighted by atomic mass is 10.0. The van der Waals surface area contributed by atoms with Gasteiger partial charge in [-0.1, -0.05) is 0 Å². The van der Waals surface area contributed by atoms with Crippen LogP contribution < -0.4 is 5.32 Å². The van der Waals surface area contributed by atoms with E-state index in [1.165, 1.54) is 17.0 Å². The number of phenols is 1. The Balaban J connectivity index is 1.79. The quantitative estimate of drug-likeness (QED) is 0.580. The molecule has 1 fully saturated rings. The second-order valence-corrected chi connectivity index (χ2v) is 7.10. The average Bonchev–Trinajstić information content (AvgIpc) is 3.02. The summed E-state index contributed by atoms with van der Waals surface area (Å²) in [6, 6.07) is 3.67. The highest BCUT2D eigenvalue weighted by molar-refractivity contribution is 5.84. The first-order chi connectivity index (χ1) is 13.7. The van der Waals surface area contributed by atoms with Crippen molar-refractivity contribution >= 4 is 11.0 Å². The van der Waals surface area contributed by atoms with Crippen LogP contribution >= 0.6 is 0 Å². The number of rotatable bonds is 3. The third-order valence-corrected chi connectivity index (χ3v) is 5.13. The number of benzene rings is 1. The van der Waals surface area contributed by atoms with Gasteiger partial charge in [-0.15, -0.1) is 0 Å². The normalized spacial score (nSPS) is 18.4. The van der Waals surface area contributed by atoms with E-state index in [1.54, 1.807) is 13.0 Å². The molecule has 1 atom stereocenters. The van der Waals surface area contributed by atoms with Crippen LogP contribution in [-0.2, 0) is 6.54 Å². The van der Waals surface area contributed by atoms with Gasteiger partial charge in [0.2, 0.25) is 0 Å². The fourth-order valence-corrected chi connectivity index (χ4v) is 3.73. The largest absolute Gasteiger partial charge is 0.508 e. The van der Waals surface area contributed by atoms with Crippen molar-refractivity contribution in [1.82, 2.24) is 25.4 Å². The number of aromatic hydroxyl groups is 1. The van der Waals surface area contributed by atoms with Gasteiger partial charge in [0.15, 0.2) is 5.65 Å². The molecule has 0 unspecified atom stereocenters. The maximum absolute atomic E-state index is 14.4. The highest BCUT2D eigenvalue weighted by Gasteiger charge is 2.44. The van der Waals surface area contributed by atoms with Crippen molar-refractivity contribution in [2.24, 2.45) is 0 Å². The molecule has 29 heavy (non-hydrogen) atoms. The van der Waals surface area contributed by atoms with Gasteiger partial charge in [-0.2, -0.15) is 18.3 Å². The van der Waals surface area contributed by atoms with Crippen LogP contribution in [0, 0.1) is 12.7 Å². The van der Waals surface area contributed by atoms with Crippen molar-refractivity contribution in [3.05, 3.63) is 41.3 Å². The third kappa shape index (κ3) is 3.77. The van der Waals surface area contributed by atoms with Crippen LogP contribution in [0.1, 0.15) is 11.3 Å². The molecule has 154 valence electrons. The zero-order valence-corrected chi connectivity index (χ0v) is 15.5. The molecule has 4 rings (SSSR count). The highest BCUT2D eigenvalue weighted by atomic mass is 19.4. The summed E-state index contributed by atoms with van der Waals surface area (Å²) in [7, 11) is 0. The van der Waals surface area contributed by atoms with E-state index in [1.807, 2.05) is 0 Å². The lowest BCUT2D eigenvalue weighted by molar-refractivity contribution is -0.188. The van der Waals surface area contributed by atoms with E-state index in [0.29, 0.717) is 28.8 Å². The van der Waals surface area contributed by atoms with Crippen molar-refractivity contribution in [3.63, 3.8) is 0 Å². The van der Waals surface area contributed by atoms with Gasteiger partial charge in [-0.05, 0) is 30.7 Å². The van der Waals surface area contributed by atoms with E-state index in [-0.39, 0.29) is 36.6 Å². The molecule has 0 radical (unpaired) electrons. The number of pyridine rings is 1. The molecule has 1 aliphatic rings. The van der Waals surface area contributed by atoms with E-state index in [9.17, 15) is 22.7 Å². The Morgan fingerprint density at radius 1 is 1.28 bits per heavy atom. The topological polar surface area (TPSA) is 77.1 Å². The molecule has 3 heterocycles. The molecule has 0 amide bonds. The van der Waals surface area contributed by atoms with Crippen molar-refractivity contribution in [1.29, 1.82) is 0 Å². The smallest absolute Gasteiger partial charge is 0.405 e. The van der Waals surface area contributed by atoms with Crippen LogP contribution in [0.2, 0.25) is 0 Å². The first kappa shape index (κ1) is 19.6. The molecular weight excluding hydrogens is 390 g/mol. The summed E-state index contributed by atoms with van der Waals surface area (Å²) in [4.78, 5) is 5.76. The monoisotopic (exact) mass is 409 g/mol. The number of hydrogen-bond donors (Lipinski definition) is 3. The van der Waals surface area contributed by atoms with Crippen molar-refractivity contribution in [2.75, 3.05) is 19.6 Å². The van der Waals surface area contributed by atoms with E-state index in [0.717, 1.165) is 6.07 Å². The zero-order valence-electron chi connectivity index (χ0n) is 15.5. The molecule has 1 saturated heterocycles. The van der Waals surface area contributed by atoms with Crippen molar-refractivity contribution in [3.8, 4) is 17.0 Å². The van der Waals surface area contributed by atoms with Crippen molar-refractivity contribution in [2.45, 2.75) is 25.7 Å². The molecule has 3 N–H and O–H groups in total. The number of H-pyrrole nitrogens is 1. The Kier molecular flexibility index (Phi) is 4.91. The van der Waals surface area contributed by atoms with Crippen LogP contribution in [0.4, 0.5) is 17.6 Å². The van der Waals surface area contributed by atoms with Gasteiger partial charge in [0, 0.05) is 43.2 Å². The second-order valence-electron chi connectivity index (χ2n) is 7.10. The number of hydrogen-bond acceptors (Lipinski definition) is 5. The summed E-state index contributed by atoms with van der Waals surface area (Å²) in [6.45, 7) is 2.27. The van der Waals surface area contributed by atoms with Gasteiger partial charge < -0.3 is 10.4 Å². The standard InChI is InChI=1S/C19H19F4N5O/c1-10-17-11(9-28-5-4-24-8-16(28)19(21,22)23)6-15(25-18(17)27-26-10)13-3-2-12(29)7-14(13)20/h2-3,6-7,16,24,29H,4-5,8-9H2,1H3,(H,25,26,27)/t16-/m1/s1. The molecular formula is C19H19F4N5O. The van der Waals surface area contributed by atoms with Crippen LogP contribution in [0.15, 0.2) is 24.3 Å². The highest BCUT2D eigenvalue weighted by Crippen LogP contribution is 2.32. The minimum Gasteiger partial charge on any atom is -0.508 e. The zero-order chi connectivity index (χ0) is 20.8. The summed E-state index contributed by atoms with van der Waals surface area (Å²) in [6.07, 6.45) is -4.36. The van der Waals surface area contributed by atoms with Gasteiger partial charge in [0.05, 0.1) is 11.4 Å². The average molecular weight is 409 g/mol. The Morgan fingerprint density at radius 3 is 2.79 bits per heavy atom. The predicted molar refractivity (Wildman–Crippen MR) is 98.8 cm³/mol. The maximum Gasteiger partial charge on any atom is 0.405 e. The molecule has 0 saturated carbocycles. The van der Waals surface area contributed by atoms with Crippen LogP contribution in [0.25, 0.3) is 22.3 Å². The van der Waals surface area contributed by atoms with E-state index in [4.69, 9.17) is 0 Å². The molecule has 0 spiro atoms. The second kappa shape index (κ2) is 7.27. The van der Waals surface area contributed by atoms with Gasteiger partial charge in [0.1, 0.15) is 17.6 Å². The fraction of sp³-hybridized carbons (Fsp3) is 0.368. The summed E-state index contributed by atoms with van der Waals surface area (Å²) in [5, 5.41) is 19.7. The Labute approximate surface area is 163 Å².